The van der Waals surface area contributed by atoms with E-state index in [1.54, 1.807) is 12.1 Å². The smallest absolute Gasteiger partial charge is 0.251 e. The standard InChI is InChI=1S/C12H15BrClNO/c1-9-8-10(4-5-11(9)14)12(16)15-7-3-2-6-13/h4-5,8H,2-3,6-7H2,1H3,(H,15,16). The molecule has 1 N–H and O–H groups in total. The molecular formula is C12H15BrClNO. The van der Waals surface area contributed by atoms with Gasteiger partial charge in [-0.2, -0.15) is 0 Å². The number of hydrogen-bond acceptors (Lipinski definition) is 1. The number of carbonyl (C=O) groups is 1. The summed E-state index contributed by atoms with van der Waals surface area (Å²) in [5.74, 6) is -0.0330. The van der Waals surface area contributed by atoms with Crippen molar-refractivity contribution in [1.82, 2.24) is 5.32 Å². The molecule has 0 spiro atoms. The zero-order valence-corrected chi connectivity index (χ0v) is 11.6. The third-order valence-corrected chi connectivity index (χ3v) is 3.25. The molecule has 0 unspecified atom stereocenters. The van der Waals surface area contributed by atoms with E-state index < -0.39 is 0 Å². The Morgan fingerprint density at radius 1 is 1.44 bits per heavy atom. The Balaban J connectivity index is 2.50. The van der Waals surface area contributed by atoms with Gasteiger partial charge in [0.25, 0.3) is 5.91 Å². The highest BCUT2D eigenvalue weighted by Gasteiger charge is 2.05. The molecular weight excluding hydrogens is 289 g/mol. The molecule has 0 aliphatic carbocycles. The minimum atomic E-state index is -0.0330. The highest BCUT2D eigenvalue weighted by atomic mass is 79.9. The molecule has 0 heterocycles. The first-order chi connectivity index (χ1) is 7.65. The van der Waals surface area contributed by atoms with Crippen LogP contribution >= 0.6 is 27.5 Å². The van der Waals surface area contributed by atoms with Crippen LogP contribution in [-0.2, 0) is 0 Å². The zero-order valence-electron chi connectivity index (χ0n) is 9.22. The van der Waals surface area contributed by atoms with Crippen LogP contribution in [0.1, 0.15) is 28.8 Å². The van der Waals surface area contributed by atoms with Crippen LogP contribution in [0.3, 0.4) is 0 Å². The lowest BCUT2D eigenvalue weighted by Crippen LogP contribution is -2.24. The van der Waals surface area contributed by atoms with Crippen LogP contribution in [0.5, 0.6) is 0 Å². The number of hydrogen-bond donors (Lipinski definition) is 1. The maximum absolute atomic E-state index is 11.7. The molecule has 0 fully saturated rings. The molecule has 0 bridgehead atoms. The molecule has 1 rings (SSSR count). The SMILES string of the molecule is Cc1cc(C(=O)NCCCCBr)ccc1Cl. The van der Waals surface area contributed by atoms with Crippen LogP contribution < -0.4 is 5.32 Å². The van der Waals surface area contributed by atoms with Crippen molar-refractivity contribution < 1.29 is 4.79 Å². The molecule has 16 heavy (non-hydrogen) atoms. The molecule has 0 saturated carbocycles. The maximum atomic E-state index is 11.7. The van der Waals surface area contributed by atoms with Crippen LogP contribution in [-0.4, -0.2) is 17.8 Å². The molecule has 1 amide bonds. The third-order valence-electron chi connectivity index (χ3n) is 2.27. The Morgan fingerprint density at radius 2 is 2.19 bits per heavy atom. The van der Waals surface area contributed by atoms with Crippen LogP contribution in [0, 0.1) is 6.92 Å². The average Bonchev–Trinajstić information content (AvgIpc) is 2.28. The summed E-state index contributed by atoms with van der Waals surface area (Å²) in [7, 11) is 0. The summed E-state index contributed by atoms with van der Waals surface area (Å²) in [6.07, 6.45) is 2.06. The van der Waals surface area contributed by atoms with Gasteiger partial charge in [-0.3, -0.25) is 4.79 Å². The molecule has 0 aromatic heterocycles. The van der Waals surface area contributed by atoms with Gasteiger partial charge in [-0.05, 0) is 43.5 Å². The molecule has 0 saturated heterocycles. The van der Waals surface area contributed by atoms with Gasteiger partial charge in [0.2, 0.25) is 0 Å². The lowest BCUT2D eigenvalue weighted by Gasteiger charge is -2.06. The minimum Gasteiger partial charge on any atom is -0.352 e. The van der Waals surface area contributed by atoms with E-state index in [0.29, 0.717) is 17.1 Å². The number of alkyl halides is 1. The number of benzene rings is 1. The molecule has 1 aromatic rings. The van der Waals surface area contributed by atoms with E-state index in [4.69, 9.17) is 11.6 Å². The normalized spacial score (nSPS) is 10.2. The summed E-state index contributed by atoms with van der Waals surface area (Å²) in [5, 5.41) is 4.54. The Labute approximate surface area is 110 Å². The fourth-order valence-corrected chi connectivity index (χ4v) is 1.82. The summed E-state index contributed by atoms with van der Waals surface area (Å²) in [6.45, 7) is 2.61. The number of rotatable bonds is 5. The Hall–Kier alpha value is -0.540. The number of halogens is 2. The highest BCUT2D eigenvalue weighted by Crippen LogP contribution is 2.16. The van der Waals surface area contributed by atoms with Crippen LogP contribution in [0.4, 0.5) is 0 Å². The first-order valence-electron chi connectivity index (χ1n) is 5.25. The number of nitrogens with one attached hydrogen (secondary N) is 1. The fraction of sp³-hybridized carbons (Fsp3) is 0.417. The van der Waals surface area contributed by atoms with E-state index in [1.807, 2.05) is 13.0 Å². The lowest BCUT2D eigenvalue weighted by molar-refractivity contribution is 0.0953. The summed E-state index contributed by atoms with van der Waals surface area (Å²) >= 11 is 9.25. The van der Waals surface area contributed by atoms with Gasteiger partial charge in [0.05, 0.1) is 0 Å². The second-order valence-corrected chi connectivity index (χ2v) is 4.82. The number of unbranched alkanes of at least 4 members (excludes halogenated alkanes) is 1. The summed E-state index contributed by atoms with van der Waals surface area (Å²) in [4.78, 5) is 11.7. The number of aryl methyl sites for hydroxylation is 1. The molecule has 2 nitrogen and oxygen atoms in total. The molecule has 0 radical (unpaired) electrons. The predicted molar refractivity (Wildman–Crippen MR) is 71.6 cm³/mol. The first kappa shape index (κ1) is 13.5. The van der Waals surface area contributed by atoms with Crippen molar-refractivity contribution in [3.63, 3.8) is 0 Å². The van der Waals surface area contributed by atoms with Crippen molar-refractivity contribution in [3.05, 3.63) is 34.3 Å². The van der Waals surface area contributed by atoms with Crippen molar-refractivity contribution in [2.75, 3.05) is 11.9 Å². The fourth-order valence-electron chi connectivity index (χ4n) is 1.31. The topological polar surface area (TPSA) is 29.1 Å². The highest BCUT2D eigenvalue weighted by molar-refractivity contribution is 9.09. The van der Waals surface area contributed by atoms with Gasteiger partial charge in [-0.15, -0.1) is 0 Å². The second-order valence-electron chi connectivity index (χ2n) is 3.62. The lowest BCUT2D eigenvalue weighted by atomic mass is 10.1. The summed E-state index contributed by atoms with van der Waals surface area (Å²) < 4.78 is 0. The predicted octanol–water partition coefficient (Wildman–Crippen LogP) is 3.55. The van der Waals surface area contributed by atoms with Crippen molar-refractivity contribution in [2.24, 2.45) is 0 Å². The van der Waals surface area contributed by atoms with Crippen molar-refractivity contribution in [1.29, 1.82) is 0 Å². The Bertz CT molecular complexity index is 368. The van der Waals surface area contributed by atoms with Gasteiger partial charge in [0.15, 0.2) is 0 Å². The number of amides is 1. The molecule has 0 aliphatic heterocycles. The van der Waals surface area contributed by atoms with Crippen LogP contribution in [0.2, 0.25) is 5.02 Å². The molecule has 4 heteroatoms. The monoisotopic (exact) mass is 303 g/mol. The molecule has 0 atom stereocenters. The van der Waals surface area contributed by atoms with Gasteiger partial charge in [-0.1, -0.05) is 27.5 Å². The van der Waals surface area contributed by atoms with E-state index in [1.165, 1.54) is 0 Å². The van der Waals surface area contributed by atoms with E-state index in [9.17, 15) is 4.79 Å². The van der Waals surface area contributed by atoms with Crippen LogP contribution in [0.25, 0.3) is 0 Å². The largest absolute Gasteiger partial charge is 0.352 e. The van der Waals surface area contributed by atoms with Crippen molar-refractivity contribution >= 4 is 33.4 Å². The van der Waals surface area contributed by atoms with Gasteiger partial charge < -0.3 is 5.32 Å². The summed E-state index contributed by atoms with van der Waals surface area (Å²) in [5.41, 5.74) is 1.59. The zero-order chi connectivity index (χ0) is 12.0. The average molecular weight is 305 g/mol. The van der Waals surface area contributed by atoms with Gasteiger partial charge in [0, 0.05) is 22.5 Å². The van der Waals surface area contributed by atoms with Gasteiger partial charge >= 0.3 is 0 Å². The summed E-state index contributed by atoms with van der Waals surface area (Å²) in [6, 6.07) is 5.31. The quantitative estimate of drug-likeness (QED) is 0.654. The minimum absolute atomic E-state index is 0.0330. The van der Waals surface area contributed by atoms with E-state index in [2.05, 4.69) is 21.2 Å². The Kier molecular flexibility index (Phi) is 5.85. The molecule has 0 aliphatic rings. The van der Waals surface area contributed by atoms with Crippen LogP contribution in [0.15, 0.2) is 18.2 Å². The third kappa shape index (κ3) is 4.14. The van der Waals surface area contributed by atoms with Gasteiger partial charge in [-0.25, -0.2) is 0 Å². The second kappa shape index (κ2) is 6.92. The maximum Gasteiger partial charge on any atom is 0.251 e. The number of carbonyl (C=O) groups excluding carboxylic acids is 1. The molecule has 88 valence electrons. The molecule has 1 aromatic carbocycles. The Morgan fingerprint density at radius 3 is 2.81 bits per heavy atom. The van der Waals surface area contributed by atoms with E-state index in [-0.39, 0.29) is 5.91 Å². The first-order valence-corrected chi connectivity index (χ1v) is 6.75. The van der Waals surface area contributed by atoms with E-state index in [0.717, 1.165) is 23.7 Å². The van der Waals surface area contributed by atoms with E-state index >= 15 is 0 Å². The van der Waals surface area contributed by atoms with Crippen molar-refractivity contribution in [2.45, 2.75) is 19.8 Å². The van der Waals surface area contributed by atoms with Gasteiger partial charge in [0.1, 0.15) is 0 Å². The van der Waals surface area contributed by atoms with Crippen molar-refractivity contribution in [3.8, 4) is 0 Å².